The summed E-state index contributed by atoms with van der Waals surface area (Å²) >= 11 is 5.94. The molecule has 0 aromatic heterocycles. The van der Waals surface area contributed by atoms with Gasteiger partial charge in [0, 0.05) is 49.6 Å². The number of amides is 2. The van der Waals surface area contributed by atoms with Gasteiger partial charge in [0.05, 0.1) is 0 Å². The maximum atomic E-state index is 13.1. The van der Waals surface area contributed by atoms with Gasteiger partial charge in [0.1, 0.15) is 5.92 Å². The molecule has 2 amide bonds. The molecule has 2 aliphatic heterocycles. The van der Waals surface area contributed by atoms with Crippen LogP contribution in [0, 0.1) is 5.92 Å². The largest absolute Gasteiger partial charge is 0.373 e. The molecular weight excluding hydrogens is 362 g/mol. The van der Waals surface area contributed by atoms with E-state index in [1.165, 1.54) is 0 Å². The fourth-order valence-electron chi connectivity index (χ4n) is 3.89. The second kappa shape index (κ2) is 7.24. The molecule has 1 fully saturated rings. The van der Waals surface area contributed by atoms with Crippen LogP contribution in [0.5, 0.6) is 0 Å². The fraction of sp³-hybridized carbons (Fsp3) is 0.333. The molecule has 1 saturated heterocycles. The third-order valence-corrected chi connectivity index (χ3v) is 5.67. The molecule has 0 radical (unpaired) electrons. The summed E-state index contributed by atoms with van der Waals surface area (Å²) in [5, 5.41) is 0.630. The first-order valence-electron chi connectivity index (χ1n) is 9.19. The summed E-state index contributed by atoms with van der Waals surface area (Å²) < 4.78 is 0. The van der Waals surface area contributed by atoms with Crippen molar-refractivity contribution in [1.29, 1.82) is 0 Å². The Bertz CT molecular complexity index is 868. The van der Waals surface area contributed by atoms with E-state index in [2.05, 4.69) is 11.0 Å². The van der Waals surface area contributed by atoms with Crippen molar-refractivity contribution in [2.45, 2.75) is 13.0 Å². The lowest BCUT2D eigenvalue weighted by Gasteiger charge is -2.24. The number of nitrogens with zero attached hydrogens (tertiary/aromatic N) is 3. The number of benzene rings is 2. The van der Waals surface area contributed by atoms with E-state index in [-0.39, 0.29) is 11.8 Å². The lowest BCUT2D eigenvalue weighted by atomic mass is 10.1. The summed E-state index contributed by atoms with van der Waals surface area (Å²) in [6.45, 7) is 2.48. The molecule has 5 nitrogen and oxygen atoms in total. The van der Waals surface area contributed by atoms with E-state index >= 15 is 0 Å². The molecule has 1 unspecified atom stereocenters. The monoisotopic (exact) mass is 383 g/mol. The Kier molecular flexibility index (Phi) is 4.79. The van der Waals surface area contributed by atoms with Crippen molar-refractivity contribution < 1.29 is 9.59 Å². The van der Waals surface area contributed by atoms with Gasteiger partial charge >= 0.3 is 0 Å². The number of carbonyl (C=O) groups is 2. The minimum absolute atomic E-state index is 0.0680. The maximum Gasteiger partial charge on any atom is 0.239 e. The predicted octanol–water partition coefficient (Wildman–Crippen LogP) is 3.17. The summed E-state index contributed by atoms with van der Waals surface area (Å²) in [5.74, 6) is -0.786. The Balaban J connectivity index is 1.52. The van der Waals surface area contributed by atoms with Crippen LogP contribution in [0.15, 0.2) is 48.5 Å². The average Bonchev–Trinajstić information content (AvgIpc) is 2.97. The molecule has 2 heterocycles. The van der Waals surface area contributed by atoms with Crippen LogP contribution in [0.3, 0.4) is 0 Å². The van der Waals surface area contributed by atoms with Gasteiger partial charge in [-0.1, -0.05) is 29.8 Å². The van der Waals surface area contributed by atoms with Gasteiger partial charge in [-0.25, -0.2) is 0 Å². The highest BCUT2D eigenvalue weighted by Gasteiger charge is 2.40. The number of para-hydroxylation sites is 1. The molecule has 0 N–H and O–H groups in total. The van der Waals surface area contributed by atoms with Crippen LogP contribution in [0.2, 0.25) is 5.02 Å². The SMILES string of the molecule is CN1CCN(C(=O)C2CCN(c3ccc(Cl)cc3)C2=O)Cc2ccccc21. The Labute approximate surface area is 164 Å². The predicted molar refractivity (Wildman–Crippen MR) is 107 cm³/mol. The van der Waals surface area contributed by atoms with Crippen molar-refractivity contribution in [3.63, 3.8) is 0 Å². The topological polar surface area (TPSA) is 43.9 Å². The maximum absolute atomic E-state index is 13.1. The highest BCUT2D eigenvalue weighted by Crippen LogP contribution is 2.30. The van der Waals surface area contributed by atoms with E-state index in [0.717, 1.165) is 23.5 Å². The van der Waals surface area contributed by atoms with Crippen LogP contribution in [0.25, 0.3) is 0 Å². The van der Waals surface area contributed by atoms with Crippen LogP contribution in [-0.4, -0.2) is 43.4 Å². The minimum Gasteiger partial charge on any atom is -0.373 e. The van der Waals surface area contributed by atoms with Crippen molar-refractivity contribution in [3.8, 4) is 0 Å². The van der Waals surface area contributed by atoms with E-state index in [4.69, 9.17) is 11.6 Å². The number of fused-ring (bicyclic) bond motifs is 1. The minimum atomic E-state index is -0.601. The summed E-state index contributed by atoms with van der Waals surface area (Å²) in [5.41, 5.74) is 3.06. The quantitative estimate of drug-likeness (QED) is 0.748. The first-order valence-corrected chi connectivity index (χ1v) is 9.57. The van der Waals surface area contributed by atoms with Gasteiger partial charge in [0.25, 0.3) is 0 Å². The molecule has 0 spiro atoms. The smallest absolute Gasteiger partial charge is 0.239 e. The van der Waals surface area contributed by atoms with E-state index in [9.17, 15) is 9.59 Å². The molecule has 0 aliphatic carbocycles. The zero-order chi connectivity index (χ0) is 19.0. The first kappa shape index (κ1) is 17.9. The lowest BCUT2D eigenvalue weighted by Crippen LogP contribution is -2.41. The van der Waals surface area contributed by atoms with Crippen LogP contribution in [0.4, 0.5) is 11.4 Å². The van der Waals surface area contributed by atoms with E-state index in [1.54, 1.807) is 17.0 Å². The average molecular weight is 384 g/mol. The van der Waals surface area contributed by atoms with E-state index in [0.29, 0.717) is 31.1 Å². The van der Waals surface area contributed by atoms with Crippen molar-refractivity contribution >= 4 is 34.8 Å². The molecule has 0 saturated carbocycles. The highest BCUT2D eigenvalue weighted by atomic mass is 35.5. The number of rotatable bonds is 2. The third kappa shape index (κ3) is 3.39. The van der Waals surface area contributed by atoms with Gasteiger partial charge in [-0.15, -0.1) is 0 Å². The molecule has 1 atom stereocenters. The van der Waals surface area contributed by atoms with Gasteiger partial charge in [-0.2, -0.15) is 0 Å². The zero-order valence-corrected chi connectivity index (χ0v) is 16.0. The molecule has 2 aromatic rings. The molecule has 4 rings (SSSR count). The van der Waals surface area contributed by atoms with Gasteiger partial charge in [-0.3, -0.25) is 9.59 Å². The Hall–Kier alpha value is -2.53. The Morgan fingerprint density at radius 1 is 1.04 bits per heavy atom. The Morgan fingerprint density at radius 2 is 1.78 bits per heavy atom. The van der Waals surface area contributed by atoms with E-state index in [1.807, 2.05) is 42.3 Å². The second-order valence-corrected chi connectivity index (χ2v) is 7.55. The third-order valence-electron chi connectivity index (χ3n) is 5.42. The van der Waals surface area contributed by atoms with Crippen molar-refractivity contribution in [1.82, 2.24) is 4.90 Å². The molecule has 2 aliphatic rings. The summed E-state index contributed by atoms with van der Waals surface area (Å²) in [7, 11) is 2.04. The van der Waals surface area contributed by atoms with Crippen molar-refractivity contribution in [3.05, 3.63) is 59.1 Å². The molecule has 2 aromatic carbocycles. The van der Waals surface area contributed by atoms with Gasteiger partial charge < -0.3 is 14.7 Å². The zero-order valence-electron chi connectivity index (χ0n) is 15.3. The Morgan fingerprint density at radius 3 is 2.56 bits per heavy atom. The molecule has 140 valence electrons. The standard InChI is InChI=1S/C21H22ClN3O2/c1-23-12-13-24(14-15-4-2-3-5-19(15)23)20(26)18-10-11-25(21(18)27)17-8-6-16(22)7-9-17/h2-9,18H,10-14H2,1H3. The van der Waals surface area contributed by atoms with E-state index < -0.39 is 5.92 Å². The van der Waals surface area contributed by atoms with Crippen LogP contribution in [0.1, 0.15) is 12.0 Å². The van der Waals surface area contributed by atoms with Crippen molar-refractivity contribution in [2.75, 3.05) is 36.5 Å². The summed E-state index contributed by atoms with van der Waals surface area (Å²) in [6.07, 6.45) is 0.550. The second-order valence-electron chi connectivity index (χ2n) is 7.12. The molecule has 0 bridgehead atoms. The first-order chi connectivity index (χ1) is 13.0. The normalized spacial score (nSPS) is 19.9. The number of likely N-dealkylation sites (N-methyl/N-ethyl adjacent to an activating group) is 1. The number of hydrogen-bond donors (Lipinski definition) is 0. The molecule has 6 heteroatoms. The van der Waals surface area contributed by atoms with Crippen LogP contribution < -0.4 is 9.80 Å². The van der Waals surface area contributed by atoms with Crippen molar-refractivity contribution in [2.24, 2.45) is 5.92 Å². The van der Waals surface area contributed by atoms with Gasteiger partial charge in [-0.05, 0) is 42.3 Å². The van der Waals surface area contributed by atoms with Crippen LogP contribution >= 0.6 is 11.6 Å². The number of halogens is 1. The number of hydrogen-bond acceptors (Lipinski definition) is 3. The van der Waals surface area contributed by atoms with Gasteiger partial charge in [0.15, 0.2) is 0 Å². The lowest BCUT2D eigenvalue weighted by molar-refractivity contribution is -0.140. The molecule has 27 heavy (non-hydrogen) atoms. The number of anilines is 2. The summed E-state index contributed by atoms with van der Waals surface area (Å²) in [6, 6.07) is 15.3. The van der Waals surface area contributed by atoms with Crippen LogP contribution in [-0.2, 0) is 16.1 Å². The fourth-order valence-corrected chi connectivity index (χ4v) is 4.01. The van der Waals surface area contributed by atoms with Gasteiger partial charge in [0.2, 0.25) is 11.8 Å². The molecular formula is C21H22ClN3O2. The highest BCUT2D eigenvalue weighted by molar-refractivity contribution is 6.30. The number of carbonyl (C=O) groups excluding carboxylic acids is 2. The summed E-state index contributed by atoms with van der Waals surface area (Å²) in [4.78, 5) is 31.7.